The van der Waals surface area contributed by atoms with Gasteiger partial charge in [0.15, 0.2) is 11.8 Å². The smallest absolute Gasteiger partial charge is 0.338 e. The molecule has 170 valence electrons. The molecule has 4 heterocycles. The Labute approximate surface area is 196 Å². The summed E-state index contributed by atoms with van der Waals surface area (Å²) in [4.78, 5) is 24.4. The van der Waals surface area contributed by atoms with E-state index < -0.39 is 18.1 Å². The molecular weight excluding hydrogens is 495 g/mol. The maximum absolute atomic E-state index is 13.9. The number of rotatable bonds is 5. The van der Waals surface area contributed by atoms with Crippen molar-refractivity contribution < 1.29 is 18.7 Å². The molecule has 1 fully saturated rings. The monoisotopic (exact) mass is 514 g/mol. The molecule has 1 unspecified atom stereocenters. The van der Waals surface area contributed by atoms with Crippen LogP contribution < -0.4 is 5.73 Å². The van der Waals surface area contributed by atoms with E-state index in [-0.39, 0.29) is 5.92 Å². The van der Waals surface area contributed by atoms with Crippen LogP contribution in [0.4, 0.5) is 10.2 Å². The van der Waals surface area contributed by atoms with Crippen molar-refractivity contribution in [1.29, 1.82) is 0 Å². The van der Waals surface area contributed by atoms with Gasteiger partial charge in [0.25, 0.3) is 0 Å². The van der Waals surface area contributed by atoms with E-state index in [1.54, 1.807) is 23.1 Å². The molecule has 1 atom stereocenters. The van der Waals surface area contributed by atoms with Gasteiger partial charge in [-0.05, 0) is 47.7 Å². The normalized spacial score (nSPS) is 19.6. The van der Waals surface area contributed by atoms with E-state index in [0.29, 0.717) is 53.2 Å². The number of hydrogen-bond donors (Lipinski definition) is 2. The molecule has 4 aromatic heterocycles. The van der Waals surface area contributed by atoms with Crippen molar-refractivity contribution in [2.45, 2.75) is 37.8 Å². The van der Waals surface area contributed by atoms with Gasteiger partial charge in [0.1, 0.15) is 17.8 Å². The number of carboxylic acid groups (broad SMARTS) is 1. The Bertz CT molecular complexity index is 1300. The molecule has 1 aliphatic rings. The van der Waals surface area contributed by atoms with E-state index in [4.69, 9.17) is 20.2 Å². The SMILES string of the molecule is Nc1c(Br)c(C2CCC(C(F)C(=O)O)CC2)nc2c(-c3ccc(-c4ncco4)nc3)cnn12. The standard InChI is InChI=1S/C22H20BrFN6O3/c23-16-18(12-3-1-11(2-4-12)17(24)22(31)32)29-20-14(10-28-30(20)19(16)25)13-5-6-15(27-9-13)21-26-7-8-33-21/h5-12,17H,1-4,25H2,(H,31,32). The molecule has 33 heavy (non-hydrogen) atoms. The van der Waals surface area contributed by atoms with E-state index in [0.717, 1.165) is 16.8 Å². The summed E-state index contributed by atoms with van der Waals surface area (Å²) in [6, 6.07) is 3.70. The fourth-order valence-corrected chi connectivity index (χ4v) is 4.98. The summed E-state index contributed by atoms with van der Waals surface area (Å²) in [6.07, 6.45) is 6.85. The minimum Gasteiger partial charge on any atom is -0.479 e. The van der Waals surface area contributed by atoms with Gasteiger partial charge in [-0.2, -0.15) is 9.61 Å². The zero-order valence-corrected chi connectivity index (χ0v) is 18.9. The molecule has 9 nitrogen and oxygen atoms in total. The molecule has 11 heteroatoms. The third-order valence-electron chi connectivity index (χ3n) is 6.18. The Morgan fingerprint density at radius 3 is 2.67 bits per heavy atom. The van der Waals surface area contributed by atoms with Gasteiger partial charge >= 0.3 is 5.97 Å². The summed E-state index contributed by atoms with van der Waals surface area (Å²) in [5.41, 5.74) is 9.92. The van der Waals surface area contributed by atoms with Crippen molar-refractivity contribution in [3.63, 3.8) is 0 Å². The number of fused-ring (bicyclic) bond motifs is 1. The Hall–Kier alpha value is -3.34. The lowest BCUT2D eigenvalue weighted by Crippen LogP contribution is -2.28. The van der Waals surface area contributed by atoms with Crippen molar-refractivity contribution in [2.24, 2.45) is 5.92 Å². The lowest BCUT2D eigenvalue weighted by Gasteiger charge is -2.29. The van der Waals surface area contributed by atoms with Gasteiger partial charge in [-0.1, -0.05) is 6.07 Å². The number of oxazole rings is 1. The number of anilines is 1. The minimum absolute atomic E-state index is 0.0391. The molecule has 1 aliphatic carbocycles. The van der Waals surface area contributed by atoms with Crippen LogP contribution in [0.25, 0.3) is 28.4 Å². The lowest BCUT2D eigenvalue weighted by atomic mass is 9.78. The third-order valence-corrected chi connectivity index (χ3v) is 6.99. The summed E-state index contributed by atoms with van der Waals surface area (Å²) < 4.78 is 21.4. The molecule has 4 aromatic rings. The van der Waals surface area contributed by atoms with Gasteiger partial charge in [0.05, 0.1) is 22.6 Å². The predicted octanol–water partition coefficient (Wildman–Crippen LogP) is 4.49. The number of carbonyl (C=O) groups is 1. The summed E-state index contributed by atoms with van der Waals surface area (Å²) in [6.45, 7) is 0. The van der Waals surface area contributed by atoms with Gasteiger partial charge < -0.3 is 15.3 Å². The molecule has 3 N–H and O–H groups in total. The molecule has 0 aliphatic heterocycles. The lowest BCUT2D eigenvalue weighted by molar-refractivity contribution is -0.145. The van der Waals surface area contributed by atoms with E-state index in [1.807, 2.05) is 12.1 Å². The molecule has 0 spiro atoms. The van der Waals surface area contributed by atoms with Gasteiger partial charge in [0, 0.05) is 29.2 Å². The molecule has 0 bridgehead atoms. The number of nitrogen functional groups attached to an aromatic ring is 1. The Kier molecular flexibility index (Phi) is 5.57. The number of carboxylic acids is 1. The second kappa shape index (κ2) is 8.54. The van der Waals surface area contributed by atoms with Crippen LogP contribution >= 0.6 is 15.9 Å². The van der Waals surface area contributed by atoms with E-state index in [1.165, 1.54) is 6.26 Å². The number of hydrogen-bond acceptors (Lipinski definition) is 7. The number of nitrogens with zero attached hydrogens (tertiary/aromatic N) is 5. The second-order valence-corrected chi connectivity index (χ2v) is 8.90. The van der Waals surface area contributed by atoms with E-state index in [9.17, 15) is 9.18 Å². The first-order valence-corrected chi connectivity index (χ1v) is 11.3. The fraction of sp³-hybridized carbons (Fsp3) is 0.318. The molecule has 0 saturated heterocycles. The van der Waals surface area contributed by atoms with Crippen LogP contribution in [-0.4, -0.2) is 41.8 Å². The predicted molar refractivity (Wildman–Crippen MR) is 121 cm³/mol. The molecule has 0 amide bonds. The third kappa shape index (κ3) is 3.86. The van der Waals surface area contributed by atoms with Gasteiger partial charge in [0.2, 0.25) is 5.89 Å². The quantitative estimate of drug-likeness (QED) is 0.398. The summed E-state index contributed by atoms with van der Waals surface area (Å²) in [5, 5.41) is 13.4. The molecular formula is C22H20BrFN6O3. The highest BCUT2D eigenvalue weighted by molar-refractivity contribution is 9.10. The van der Waals surface area contributed by atoms with Gasteiger partial charge in [-0.25, -0.2) is 19.2 Å². The highest BCUT2D eigenvalue weighted by atomic mass is 79.9. The number of halogens is 2. The summed E-state index contributed by atoms with van der Waals surface area (Å²) in [7, 11) is 0. The summed E-state index contributed by atoms with van der Waals surface area (Å²) in [5.74, 6) is -0.977. The average molecular weight is 515 g/mol. The number of aromatic nitrogens is 5. The zero-order chi connectivity index (χ0) is 23.1. The maximum Gasteiger partial charge on any atom is 0.338 e. The largest absolute Gasteiger partial charge is 0.479 e. The van der Waals surface area contributed by atoms with Crippen molar-refractivity contribution >= 4 is 33.4 Å². The molecule has 5 rings (SSSR count). The highest BCUT2D eigenvalue weighted by Gasteiger charge is 2.34. The van der Waals surface area contributed by atoms with Crippen molar-refractivity contribution in [2.75, 3.05) is 5.73 Å². The van der Waals surface area contributed by atoms with E-state index >= 15 is 0 Å². The summed E-state index contributed by atoms with van der Waals surface area (Å²) >= 11 is 3.55. The zero-order valence-electron chi connectivity index (χ0n) is 17.4. The van der Waals surface area contributed by atoms with Crippen LogP contribution in [0.2, 0.25) is 0 Å². The Morgan fingerprint density at radius 2 is 2.03 bits per heavy atom. The Morgan fingerprint density at radius 1 is 1.24 bits per heavy atom. The number of aliphatic carboxylic acids is 1. The number of pyridine rings is 1. The van der Waals surface area contributed by atoms with Crippen molar-refractivity contribution in [1.82, 2.24) is 24.6 Å². The van der Waals surface area contributed by atoms with Crippen LogP contribution in [0.1, 0.15) is 37.3 Å². The Balaban J connectivity index is 1.47. The van der Waals surface area contributed by atoms with Crippen molar-refractivity contribution in [3.05, 3.63) is 47.2 Å². The minimum atomic E-state index is -1.83. The van der Waals surface area contributed by atoms with Crippen LogP contribution in [-0.2, 0) is 4.79 Å². The first-order chi connectivity index (χ1) is 15.9. The van der Waals surface area contributed by atoms with Gasteiger partial charge in [-0.3, -0.25) is 4.98 Å². The topological polar surface area (TPSA) is 132 Å². The average Bonchev–Trinajstić information content (AvgIpc) is 3.51. The van der Waals surface area contributed by atoms with Crippen LogP contribution in [0.5, 0.6) is 0 Å². The first kappa shape index (κ1) is 21.5. The molecule has 1 saturated carbocycles. The maximum atomic E-state index is 13.9. The molecule has 0 radical (unpaired) electrons. The first-order valence-electron chi connectivity index (χ1n) is 10.5. The highest BCUT2D eigenvalue weighted by Crippen LogP contribution is 2.41. The number of alkyl halides is 1. The van der Waals surface area contributed by atoms with Crippen LogP contribution in [0.3, 0.4) is 0 Å². The van der Waals surface area contributed by atoms with Crippen molar-refractivity contribution in [3.8, 4) is 22.7 Å². The fourth-order valence-electron chi connectivity index (χ4n) is 4.40. The number of nitrogens with two attached hydrogens (primary N) is 1. The second-order valence-electron chi connectivity index (χ2n) is 8.11. The van der Waals surface area contributed by atoms with E-state index in [2.05, 4.69) is 31.0 Å². The molecule has 0 aromatic carbocycles. The van der Waals surface area contributed by atoms with Crippen LogP contribution in [0.15, 0.2) is 45.9 Å². The van der Waals surface area contributed by atoms with Crippen LogP contribution in [0, 0.1) is 5.92 Å². The van der Waals surface area contributed by atoms with Gasteiger partial charge in [-0.15, -0.1) is 0 Å².